The summed E-state index contributed by atoms with van der Waals surface area (Å²) >= 11 is 1.71. The molecule has 0 saturated heterocycles. The van der Waals surface area contributed by atoms with Gasteiger partial charge in [-0.2, -0.15) is 0 Å². The number of benzene rings is 1. The van der Waals surface area contributed by atoms with E-state index in [0.717, 1.165) is 50.5 Å². The number of methoxy groups -OCH3 is 2. The van der Waals surface area contributed by atoms with Gasteiger partial charge in [0.05, 0.1) is 32.3 Å². The lowest BCUT2D eigenvalue weighted by Gasteiger charge is -2.56. The standard InChI is InChI=1S/C36H47NO5S/c1-34-15-11-26(38)22-25(34)8-9-28-29(34)12-16-35(2)30(28)13-17-36(35,40)23-37(18-14-27-6-5-19-43-27)33(39)21-24-7-10-31(41-3)32(20-24)42-4/h5-10,19-20,26,29-30,38,40H,11-18,21-23H2,1-4H3. The molecule has 1 amide bonds. The van der Waals surface area contributed by atoms with Gasteiger partial charge in [-0.1, -0.05) is 49.3 Å². The van der Waals surface area contributed by atoms with E-state index in [4.69, 9.17) is 9.47 Å². The summed E-state index contributed by atoms with van der Waals surface area (Å²) in [4.78, 5) is 17.1. The first-order valence-corrected chi connectivity index (χ1v) is 16.8. The lowest BCUT2D eigenvalue weighted by Crippen LogP contribution is -2.57. The second kappa shape index (κ2) is 11.7. The Balaban J connectivity index is 1.25. The molecule has 7 heteroatoms. The highest BCUT2D eigenvalue weighted by Gasteiger charge is 2.62. The van der Waals surface area contributed by atoms with Crippen molar-refractivity contribution < 1.29 is 24.5 Å². The smallest absolute Gasteiger partial charge is 0.227 e. The predicted octanol–water partition coefficient (Wildman–Crippen LogP) is 6.35. The number of hydrogen-bond donors (Lipinski definition) is 2. The first-order valence-electron chi connectivity index (χ1n) is 15.9. The monoisotopic (exact) mass is 605 g/mol. The fourth-order valence-corrected chi connectivity index (χ4v) is 9.64. The maximum atomic E-state index is 14.0. The zero-order valence-corrected chi connectivity index (χ0v) is 26.9. The number of aliphatic hydroxyl groups is 2. The molecule has 0 spiro atoms. The summed E-state index contributed by atoms with van der Waals surface area (Å²) in [6.45, 7) is 5.61. The van der Waals surface area contributed by atoms with Crippen LogP contribution in [-0.2, 0) is 17.6 Å². The Bertz CT molecular complexity index is 1400. The van der Waals surface area contributed by atoms with Crippen molar-refractivity contribution in [1.82, 2.24) is 4.90 Å². The van der Waals surface area contributed by atoms with Crippen LogP contribution < -0.4 is 9.47 Å². The molecular formula is C36H47NO5S. The molecule has 0 radical (unpaired) electrons. The van der Waals surface area contributed by atoms with E-state index in [2.05, 4.69) is 43.5 Å². The molecule has 4 aliphatic carbocycles. The van der Waals surface area contributed by atoms with Crippen molar-refractivity contribution in [3.05, 3.63) is 69.5 Å². The van der Waals surface area contributed by atoms with E-state index in [9.17, 15) is 15.0 Å². The van der Waals surface area contributed by atoms with Gasteiger partial charge in [0.1, 0.15) is 0 Å². The average molecular weight is 606 g/mol. The van der Waals surface area contributed by atoms with Crippen molar-refractivity contribution in [3.8, 4) is 11.5 Å². The Labute approximate surface area is 260 Å². The van der Waals surface area contributed by atoms with E-state index in [1.54, 1.807) is 25.6 Å². The van der Waals surface area contributed by atoms with Crippen molar-refractivity contribution in [2.75, 3.05) is 27.3 Å². The second-order valence-electron chi connectivity index (χ2n) is 13.8. The molecule has 232 valence electrons. The molecular weight excluding hydrogens is 558 g/mol. The van der Waals surface area contributed by atoms with E-state index in [0.29, 0.717) is 42.8 Å². The molecule has 0 bridgehead atoms. The molecule has 0 aliphatic heterocycles. The van der Waals surface area contributed by atoms with Crippen molar-refractivity contribution in [2.24, 2.45) is 22.7 Å². The summed E-state index contributed by atoms with van der Waals surface area (Å²) < 4.78 is 10.9. The average Bonchev–Trinajstić information content (AvgIpc) is 3.61. The van der Waals surface area contributed by atoms with Gasteiger partial charge in [-0.15, -0.1) is 11.3 Å². The van der Waals surface area contributed by atoms with Crippen LogP contribution >= 0.6 is 11.3 Å². The van der Waals surface area contributed by atoms with E-state index >= 15 is 0 Å². The van der Waals surface area contributed by atoms with Gasteiger partial charge in [-0.25, -0.2) is 0 Å². The van der Waals surface area contributed by atoms with Gasteiger partial charge in [0.25, 0.3) is 0 Å². The summed E-state index contributed by atoms with van der Waals surface area (Å²) in [5, 5.41) is 25.0. The van der Waals surface area contributed by atoms with Crippen LogP contribution in [0.5, 0.6) is 11.5 Å². The third-order valence-corrected chi connectivity index (χ3v) is 12.6. The Morgan fingerprint density at radius 3 is 2.56 bits per heavy atom. The minimum absolute atomic E-state index is 0.0238. The summed E-state index contributed by atoms with van der Waals surface area (Å²) in [6.07, 6.45) is 11.7. The van der Waals surface area contributed by atoms with Crippen LogP contribution in [0.25, 0.3) is 0 Å². The van der Waals surface area contributed by atoms with Gasteiger partial charge in [0.2, 0.25) is 5.91 Å². The number of thiophene rings is 1. The van der Waals surface area contributed by atoms with Gasteiger partial charge < -0.3 is 24.6 Å². The molecule has 6 nitrogen and oxygen atoms in total. The molecule has 1 aromatic heterocycles. The van der Waals surface area contributed by atoms with Crippen LogP contribution in [0.1, 0.15) is 69.2 Å². The molecule has 3 fully saturated rings. The number of rotatable bonds is 9. The fraction of sp³-hybridized carbons (Fsp3) is 0.583. The summed E-state index contributed by atoms with van der Waals surface area (Å²) in [5.74, 6) is 2.05. The van der Waals surface area contributed by atoms with Crippen LogP contribution in [-0.4, -0.2) is 60.0 Å². The molecule has 4 aliphatic rings. The molecule has 6 unspecified atom stereocenters. The second-order valence-corrected chi connectivity index (χ2v) is 14.8. The van der Waals surface area contributed by atoms with Crippen LogP contribution in [0.15, 0.2) is 59.0 Å². The molecule has 43 heavy (non-hydrogen) atoms. The van der Waals surface area contributed by atoms with Crippen molar-refractivity contribution >= 4 is 17.2 Å². The summed E-state index contributed by atoms with van der Waals surface area (Å²) in [6, 6.07) is 9.81. The summed E-state index contributed by atoms with van der Waals surface area (Å²) in [5.41, 5.74) is 2.61. The lowest BCUT2D eigenvalue weighted by atomic mass is 9.50. The molecule has 6 rings (SSSR count). The van der Waals surface area contributed by atoms with Crippen LogP contribution in [0.4, 0.5) is 0 Å². The first kappa shape index (κ1) is 30.4. The number of fused-ring (bicyclic) bond motifs is 5. The molecule has 1 heterocycles. The van der Waals surface area contributed by atoms with E-state index in [-0.39, 0.29) is 29.3 Å². The fourth-order valence-electron chi connectivity index (χ4n) is 8.94. The first-order chi connectivity index (χ1) is 20.6. The van der Waals surface area contributed by atoms with Gasteiger partial charge in [0.15, 0.2) is 11.5 Å². The Morgan fingerprint density at radius 1 is 1.02 bits per heavy atom. The van der Waals surface area contributed by atoms with Crippen molar-refractivity contribution in [2.45, 2.75) is 83.3 Å². The quantitative estimate of drug-likeness (QED) is 0.348. The minimum atomic E-state index is -0.958. The number of amides is 1. The Morgan fingerprint density at radius 2 is 1.81 bits per heavy atom. The molecule has 3 saturated carbocycles. The van der Waals surface area contributed by atoms with Crippen LogP contribution in [0.2, 0.25) is 0 Å². The third kappa shape index (κ3) is 5.36. The highest BCUT2D eigenvalue weighted by atomic mass is 32.1. The Hall–Kier alpha value is -2.61. The summed E-state index contributed by atoms with van der Waals surface area (Å²) in [7, 11) is 3.21. The predicted molar refractivity (Wildman–Crippen MR) is 170 cm³/mol. The maximum absolute atomic E-state index is 14.0. The highest BCUT2D eigenvalue weighted by Crippen LogP contribution is 2.66. The van der Waals surface area contributed by atoms with Gasteiger partial charge in [-0.3, -0.25) is 4.79 Å². The SMILES string of the molecule is COc1ccc(CC(=O)N(CCc2cccs2)CC2(O)CCC3C4=CC=C5CC(O)CCC5(C)C4CCC32C)cc1OC. The Kier molecular flexibility index (Phi) is 8.29. The largest absolute Gasteiger partial charge is 0.493 e. The van der Waals surface area contributed by atoms with E-state index in [1.165, 1.54) is 16.0 Å². The molecule has 6 atom stereocenters. The molecule has 1 aromatic carbocycles. The zero-order valence-electron chi connectivity index (χ0n) is 26.1. The highest BCUT2D eigenvalue weighted by molar-refractivity contribution is 7.09. The van der Waals surface area contributed by atoms with Gasteiger partial charge in [0, 0.05) is 23.4 Å². The van der Waals surface area contributed by atoms with Gasteiger partial charge >= 0.3 is 0 Å². The van der Waals surface area contributed by atoms with Crippen molar-refractivity contribution in [3.63, 3.8) is 0 Å². The molecule has 2 aromatic rings. The minimum Gasteiger partial charge on any atom is -0.493 e. The third-order valence-electron chi connectivity index (χ3n) is 11.7. The number of hydrogen-bond acceptors (Lipinski definition) is 6. The van der Waals surface area contributed by atoms with E-state index < -0.39 is 5.60 Å². The number of carbonyl (C=O) groups is 1. The van der Waals surface area contributed by atoms with E-state index in [1.807, 2.05) is 23.1 Å². The number of ether oxygens (including phenoxy) is 2. The number of nitrogens with zero attached hydrogens (tertiary/aromatic N) is 1. The lowest BCUT2D eigenvalue weighted by molar-refractivity contribution is -0.141. The number of aliphatic hydroxyl groups excluding tert-OH is 1. The van der Waals surface area contributed by atoms with Crippen LogP contribution in [0, 0.1) is 22.7 Å². The topological polar surface area (TPSA) is 79.2 Å². The normalized spacial score (nSPS) is 33.0. The number of allylic oxidation sites excluding steroid dienone is 3. The van der Waals surface area contributed by atoms with Crippen molar-refractivity contribution in [1.29, 1.82) is 0 Å². The maximum Gasteiger partial charge on any atom is 0.227 e. The zero-order chi connectivity index (χ0) is 30.4. The van der Waals surface area contributed by atoms with Crippen LogP contribution in [0.3, 0.4) is 0 Å². The number of carbonyl (C=O) groups excluding carboxylic acids is 1. The molecule has 2 N–H and O–H groups in total. The van der Waals surface area contributed by atoms with Gasteiger partial charge in [-0.05, 0) is 97.8 Å².